The third-order valence-electron chi connectivity index (χ3n) is 3.88. The van der Waals surface area contributed by atoms with Crippen LogP contribution in [-0.2, 0) is 22.7 Å². The molecule has 0 amide bonds. The maximum absolute atomic E-state index is 6.05. The lowest BCUT2D eigenvalue weighted by Crippen LogP contribution is -2.09. The molecule has 128 valence electrons. The predicted molar refractivity (Wildman–Crippen MR) is 98.2 cm³/mol. The first kappa shape index (κ1) is 17.2. The van der Waals surface area contributed by atoms with Crippen LogP contribution in [0.25, 0.3) is 0 Å². The summed E-state index contributed by atoms with van der Waals surface area (Å²) in [6.07, 6.45) is -0.439. The van der Waals surface area contributed by atoms with Crippen LogP contribution < -0.4 is 4.74 Å². The van der Waals surface area contributed by atoms with Gasteiger partial charge in [-0.25, -0.2) is 0 Å². The van der Waals surface area contributed by atoms with E-state index in [0.29, 0.717) is 13.2 Å². The topological polar surface area (TPSA) is 27.7 Å². The molecule has 0 fully saturated rings. The third kappa shape index (κ3) is 5.18. The van der Waals surface area contributed by atoms with E-state index < -0.39 is 6.29 Å². The van der Waals surface area contributed by atoms with Crippen LogP contribution in [0.4, 0.5) is 0 Å². The van der Waals surface area contributed by atoms with Gasteiger partial charge in [-0.3, -0.25) is 0 Å². The van der Waals surface area contributed by atoms with Crippen molar-refractivity contribution < 1.29 is 14.2 Å². The maximum Gasteiger partial charge on any atom is 0.184 e. The van der Waals surface area contributed by atoms with Crippen LogP contribution in [0.15, 0.2) is 84.9 Å². The van der Waals surface area contributed by atoms with Crippen molar-refractivity contribution in [2.75, 3.05) is 7.11 Å². The number of hydrogen-bond acceptors (Lipinski definition) is 3. The van der Waals surface area contributed by atoms with E-state index in [1.807, 2.05) is 84.9 Å². The van der Waals surface area contributed by atoms with Crippen molar-refractivity contribution in [3.63, 3.8) is 0 Å². The van der Waals surface area contributed by atoms with Crippen LogP contribution in [0, 0.1) is 0 Å². The SMILES string of the molecule is COc1ccc(C(OCc2ccccc2)OCc2ccccc2)cc1. The Balaban J connectivity index is 1.70. The molecule has 0 spiro atoms. The fraction of sp³-hybridized carbons (Fsp3) is 0.182. The number of hydrogen-bond donors (Lipinski definition) is 0. The zero-order valence-corrected chi connectivity index (χ0v) is 14.3. The summed E-state index contributed by atoms with van der Waals surface area (Å²) in [5, 5.41) is 0. The summed E-state index contributed by atoms with van der Waals surface area (Å²) in [5.74, 6) is 0.814. The summed E-state index contributed by atoms with van der Waals surface area (Å²) in [5.41, 5.74) is 3.20. The van der Waals surface area contributed by atoms with Crippen LogP contribution >= 0.6 is 0 Å². The average molecular weight is 334 g/mol. The van der Waals surface area contributed by atoms with Crippen LogP contribution in [0.2, 0.25) is 0 Å². The molecular weight excluding hydrogens is 312 g/mol. The second kappa shape index (κ2) is 9.02. The Morgan fingerprint density at radius 3 is 1.56 bits per heavy atom. The molecule has 0 saturated carbocycles. The number of benzene rings is 3. The molecule has 0 atom stereocenters. The predicted octanol–water partition coefficient (Wildman–Crippen LogP) is 5.13. The Morgan fingerprint density at radius 2 is 1.12 bits per heavy atom. The van der Waals surface area contributed by atoms with E-state index in [9.17, 15) is 0 Å². The van der Waals surface area contributed by atoms with Gasteiger partial charge in [-0.2, -0.15) is 0 Å². The molecule has 0 aliphatic carbocycles. The van der Waals surface area contributed by atoms with Crippen LogP contribution in [-0.4, -0.2) is 7.11 Å². The molecule has 0 heterocycles. The molecule has 0 saturated heterocycles. The fourth-order valence-corrected chi connectivity index (χ4v) is 2.49. The van der Waals surface area contributed by atoms with Gasteiger partial charge in [0, 0.05) is 5.56 Å². The molecule has 3 rings (SSSR count). The lowest BCUT2D eigenvalue weighted by atomic mass is 10.2. The van der Waals surface area contributed by atoms with E-state index in [-0.39, 0.29) is 0 Å². The van der Waals surface area contributed by atoms with Crippen molar-refractivity contribution in [2.24, 2.45) is 0 Å². The number of methoxy groups -OCH3 is 1. The summed E-state index contributed by atoms with van der Waals surface area (Å²) < 4.78 is 17.3. The highest BCUT2D eigenvalue weighted by atomic mass is 16.7. The highest BCUT2D eigenvalue weighted by Crippen LogP contribution is 2.24. The second-order valence-corrected chi connectivity index (χ2v) is 5.70. The lowest BCUT2D eigenvalue weighted by Gasteiger charge is -2.19. The van der Waals surface area contributed by atoms with Gasteiger partial charge in [0.2, 0.25) is 0 Å². The molecule has 0 bridgehead atoms. The van der Waals surface area contributed by atoms with E-state index in [2.05, 4.69) is 0 Å². The van der Waals surface area contributed by atoms with E-state index in [0.717, 1.165) is 22.4 Å². The fourth-order valence-electron chi connectivity index (χ4n) is 2.49. The van der Waals surface area contributed by atoms with Gasteiger partial charge in [0.1, 0.15) is 5.75 Å². The van der Waals surface area contributed by atoms with Crippen LogP contribution in [0.1, 0.15) is 23.0 Å². The zero-order valence-electron chi connectivity index (χ0n) is 14.3. The highest BCUT2D eigenvalue weighted by molar-refractivity contribution is 5.28. The molecule has 0 aliphatic heterocycles. The molecule has 0 N–H and O–H groups in total. The molecular formula is C22H22O3. The molecule has 3 nitrogen and oxygen atoms in total. The number of rotatable bonds is 8. The van der Waals surface area contributed by atoms with Gasteiger partial charge in [0.15, 0.2) is 6.29 Å². The van der Waals surface area contributed by atoms with E-state index in [1.54, 1.807) is 7.11 Å². The molecule has 0 aliphatic rings. The zero-order chi connectivity index (χ0) is 17.3. The first-order valence-electron chi connectivity index (χ1n) is 8.30. The molecule has 3 aromatic carbocycles. The van der Waals surface area contributed by atoms with Crippen LogP contribution in [0.5, 0.6) is 5.75 Å². The third-order valence-corrected chi connectivity index (χ3v) is 3.88. The van der Waals surface area contributed by atoms with E-state index >= 15 is 0 Å². The Hall–Kier alpha value is -2.62. The molecule has 0 aromatic heterocycles. The second-order valence-electron chi connectivity index (χ2n) is 5.70. The van der Waals surface area contributed by atoms with Gasteiger partial charge >= 0.3 is 0 Å². The van der Waals surface area contributed by atoms with Crippen molar-refractivity contribution in [2.45, 2.75) is 19.5 Å². The van der Waals surface area contributed by atoms with Crippen molar-refractivity contribution in [1.82, 2.24) is 0 Å². The minimum atomic E-state index is -0.439. The molecule has 3 aromatic rings. The van der Waals surface area contributed by atoms with E-state index in [4.69, 9.17) is 14.2 Å². The summed E-state index contributed by atoms with van der Waals surface area (Å²) in [6.45, 7) is 0.985. The van der Waals surface area contributed by atoms with Gasteiger partial charge < -0.3 is 14.2 Å². The van der Waals surface area contributed by atoms with Gasteiger partial charge in [-0.1, -0.05) is 72.8 Å². The first-order chi connectivity index (χ1) is 12.3. The normalized spacial score (nSPS) is 10.8. The van der Waals surface area contributed by atoms with Crippen LogP contribution in [0.3, 0.4) is 0 Å². The average Bonchev–Trinajstić information content (AvgIpc) is 2.70. The van der Waals surface area contributed by atoms with Gasteiger partial charge in [-0.05, 0) is 23.3 Å². The smallest absolute Gasteiger partial charge is 0.184 e. The molecule has 3 heteroatoms. The highest BCUT2D eigenvalue weighted by Gasteiger charge is 2.13. The number of ether oxygens (including phenoxy) is 3. The minimum Gasteiger partial charge on any atom is -0.497 e. The minimum absolute atomic E-state index is 0.439. The molecule has 25 heavy (non-hydrogen) atoms. The Bertz CT molecular complexity index is 696. The van der Waals surface area contributed by atoms with Crippen molar-refractivity contribution in [1.29, 1.82) is 0 Å². The monoisotopic (exact) mass is 334 g/mol. The summed E-state index contributed by atoms with van der Waals surface area (Å²) in [4.78, 5) is 0. The van der Waals surface area contributed by atoms with Crippen molar-refractivity contribution in [3.8, 4) is 5.75 Å². The Morgan fingerprint density at radius 1 is 0.640 bits per heavy atom. The quantitative estimate of drug-likeness (QED) is 0.535. The van der Waals surface area contributed by atoms with E-state index in [1.165, 1.54) is 0 Å². The van der Waals surface area contributed by atoms with Crippen molar-refractivity contribution >= 4 is 0 Å². The maximum atomic E-state index is 6.05. The standard InChI is InChI=1S/C22H22O3/c1-23-21-14-12-20(13-15-21)22(24-16-18-8-4-2-5-9-18)25-17-19-10-6-3-7-11-19/h2-15,22H,16-17H2,1H3. The largest absolute Gasteiger partial charge is 0.497 e. The molecule has 0 radical (unpaired) electrons. The lowest BCUT2D eigenvalue weighted by molar-refractivity contribution is -0.161. The molecule has 0 unspecified atom stereocenters. The Kier molecular flexibility index (Phi) is 6.21. The van der Waals surface area contributed by atoms with Gasteiger partial charge in [0.05, 0.1) is 20.3 Å². The Labute approximate surface area is 148 Å². The summed E-state index contributed by atoms with van der Waals surface area (Å²) >= 11 is 0. The van der Waals surface area contributed by atoms with Gasteiger partial charge in [0.25, 0.3) is 0 Å². The summed E-state index contributed by atoms with van der Waals surface area (Å²) in [6, 6.07) is 28.0. The summed E-state index contributed by atoms with van der Waals surface area (Å²) in [7, 11) is 1.66. The van der Waals surface area contributed by atoms with Gasteiger partial charge in [-0.15, -0.1) is 0 Å². The van der Waals surface area contributed by atoms with Crippen molar-refractivity contribution in [3.05, 3.63) is 102 Å². The first-order valence-corrected chi connectivity index (χ1v) is 8.30.